The second-order valence-corrected chi connectivity index (χ2v) is 13.6. The van der Waals surface area contributed by atoms with Crippen LogP contribution in [0.2, 0.25) is 0 Å². The third kappa shape index (κ3) is 6.37. The van der Waals surface area contributed by atoms with Crippen molar-refractivity contribution in [1.29, 1.82) is 5.26 Å². The molecule has 11 heteroatoms. The van der Waals surface area contributed by atoms with Gasteiger partial charge in [-0.15, -0.1) is 0 Å². The Bertz CT molecular complexity index is 2280. The predicted octanol–water partition coefficient (Wildman–Crippen LogP) is 6.78. The van der Waals surface area contributed by atoms with Crippen molar-refractivity contribution in [3.63, 3.8) is 0 Å². The maximum atomic E-state index is 14.3. The van der Waals surface area contributed by atoms with Crippen molar-refractivity contribution in [1.82, 2.24) is 4.57 Å². The lowest BCUT2D eigenvalue weighted by Gasteiger charge is -2.27. The van der Waals surface area contributed by atoms with Crippen LogP contribution in [0.3, 0.4) is 0 Å². The largest absolute Gasteiger partial charge is 0.496 e. The number of hydrogen-bond donors (Lipinski definition) is 0. The van der Waals surface area contributed by atoms with E-state index in [1.165, 1.54) is 11.3 Å². The van der Waals surface area contributed by atoms with Gasteiger partial charge in [0.1, 0.15) is 24.1 Å². The van der Waals surface area contributed by atoms with Gasteiger partial charge < -0.3 is 14.2 Å². The molecule has 6 rings (SSSR count). The monoisotopic (exact) mass is 819 g/mol. The van der Waals surface area contributed by atoms with Crippen molar-refractivity contribution in [2.75, 3.05) is 13.7 Å². The van der Waals surface area contributed by atoms with Crippen LogP contribution in [0.5, 0.6) is 11.5 Å². The molecule has 1 unspecified atom stereocenters. The molecule has 0 fully saturated rings. The van der Waals surface area contributed by atoms with E-state index in [1.54, 1.807) is 37.7 Å². The van der Waals surface area contributed by atoms with Crippen LogP contribution >= 0.6 is 49.9 Å². The molecule has 0 saturated heterocycles. The van der Waals surface area contributed by atoms with E-state index in [-0.39, 0.29) is 12.2 Å². The fraction of sp³-hybridized carbons (Fsp3) is 0.167. The normalized spacial score (nSPS) is 14.4. The summed E-state index contributed by atoms with van der Waals surface area (Å²) in [7, 11) is 1.58. The highest BCUT2D eigenvalue weighted by atomic mass is 127. The zero-order valence-electron chi connectivity index (χ0n) is 25.5. The van der Waals surface area contributed by atoms with E-state index in [4.69, 9.17) is 24.5 Å². The highest BCUT2D eigenvalue weighted by molar-refractivity contribution is 14.1. The molecule has 1 atom stereocenters. The zero-order valence-corrected chi connectivity index (χ0v) is 30.1. The van der Waals surface area contributed by atoms with E-state index in [9.17, 15) is 9.59 Å². The number of hydrogen-bond acceptors (Lipinski definition) is 8. The standard InChI is InChI=1S/C36H27BrIN3O5S/c1-4-45-35(43)30-20(2)40-36-41(32(30)31-25-8-6-5-7-24(25)13-14-28(31)44-3)34(42)29(47-36)17-23-15-26(37)33(27(38)16-23)46-19-22-11-9-21(18-39)10-12-22/h5-17,32H,4,19H2,1-3H3/b29-17-. The molecule has 0 radical (unpaired) electrons. The van der Waals surface area contributed by atoms with Crippen LogP contribution < -0.4 is 24.4 Å². The topological polar surface area (TPSA) is 103 Å². The molecule has 1 aliphatic rings. The van der Waals surface area contributed by atoms with Gasteiger partial charge in [0.25, 0.3) is 5.56 Å². The van der Waals surface area contributed by atoms with Gasteiger partial charge in [-0.2, -0.15) is 5.26 Å². The van der Waals surface area contributed by atoms with Gasteiger partial charge in [0.15, 0.2) is 4.80 Å². The second kappa shape index (κ2) is 13.9. The average Bonchev–Trinajstić information content (AvgIpc) is 3.37. The molecular weight excluding hydrogens is 793 g/mol. The molecule has 0 aliphatic carbocycles. The van der Waals surface area contributed by atoms with Gasteiger partial charge in [-0.05, 0) is 111 Å². The van der Waals surface area contributed by atoms with Crippen LogP contribution in [0.15, 0.2) is 98.3 Å². The summed E-state index contributed by atoms with van der Waals surface area (Å²) < 4.78 is 21.1. The first-order valence-corrected chi connectivity index (χ1v) is 17.3. The van der Waals surface area contributed by atoms with E-state index in [2.05, 4.69) is 44.6 Å². The van der Waals surface area contributed by atoms with Gasteiger partial charge in [-0.1, -0.05) is 53.8 Å². The van der Waals surface area contributed by atoms with Crippen molar-refractivity contribution in [3.05, 3.63) is 134 Å². The third-order valence-electron chi connectivity index (χ3n) is 7.73. The lowest BCUT2D eigenvalue weighted by atomic mass is 9.90. The highest BCUT2D eigenvalue weighted by Gasteiger charge is 2.36. The molecule has 2 heterocycles. The summed E-state index contributed by atoms with van der Waals surface area (Å²) in [6.45, 7) is 4.03. The number of esters is 1. The number of carbonyl (C=O) groups is 1. The number of carbonyl (C=O) groups excluding carboxylic acids is 1. The minimum Gasteiger partial charge on any atom is -0.496 e. The SMILES string of the molecule is CCOC(=O)C1=C(C)N=c2s/c(=C\c3cc(Br)c(OCc4ccc(C#N)cc4)c(I)c3)c(=O)n2C1c1c(OC)ccc2ccccc12. The number of methoxy groups -OCH3 is 1. The summed E-state index contributed by atoms with van der Waals surface area (Å²) in [5.74, 6) is 0.694. The molecule has 47 heavy (non-hydrogen) atoms. The Morgan fingerprint density at radius 2 is 1.91 bits per heavy atom. The first-order chi connectivity index (χ1) is 22.7. The van der Waals surface area contributed by atoms with Gasteiger partial charge in [0.05, 0.1) is 49.2 Å². The number of fused-ring (bicyclic) bond motifs is 2. The molecule has 5 aromatic rings. The first-order valence-electron chi connectivity index (χ1n) is 14.6. The van der Waals surface area contributed by atoms with Crippen LogP contribution in [-0.4, -0.2) is 24.3 Å². The Balaban J connectivity index is 1.46. The van der Waals surface area contributed by atoms with Crippen LogP contribution in [0, 0.1) is 14.9 Å². The van der Waals surface area contributed by atoms with Crippen molar-refractivity contribution in [3.8, 4) is 17.6 Å². The molecule has 1 aromatic heterocycles. The maximum absolute atomic E-state index is 14.3. The number of allylic oxidation sites excluding steroid dienone is 1. The second-order valence-electron chi connectivity index (χ2n) is 10.6. The van der Waals surface area contributed by atoms with E-state index in [1.807, 2.05) is 66.7 Å². The van der Waals surface area contributed by atoms with Gasteiger partial charge >= 0.3 is 5.97 Å². The zero-order chi connectivity index (χ0) is 33.2. The molecule has 0 saturated carbocycles. The number of aromatic nitrogens is 1. The summed E-state index contributed by atoms with van der Waals surface area (Å²) in [5.41, 5.74) is 3.50. The van der Waals surface area contributed by atoms with Gasteiger partial charge in [0, 0.05) is 5.56 Å². The summed E-state index contributed by atoms with van der Waals surface area (Å²) >= 11 is 7.12. The van der Waals surface area contributed by atoms with E-state index in [0.717, 1.165) is 29.9 Å². The molecule has 0 amide bonds. The van der Waals surface area contributed by atoms with E-state index >= 15 is 0 Å². The van der Waals surface area contributed by atoms with Gasteiger partial charge in [0.2, 0.25) is 0 Å². The van der Waals surface area contributed by atoms with Crippen LogP contribution in [0.1, 0.15) is 42.1 Å². The molecule has 0 spiro atoms. The summed E-state index contributed by atoms with van der Waals surface area (Å²) in [6.07, 6.45) is 1.82. The number of halogens is 2. The average molecular weight is 821 g/mol. The summed E-state index contributed by atoms with van der Waals surface area (Å²) in [6, 6.07) is 24.0. The maximum Gasteiger partial charge on any atom is 0.338 e. The van der Waals surface area contributed by atoms with Crippen LogP contribution in [0.25, 0.3) is 16.8 Å². The van der Waals surface area contributed by atoms with E-state index < -0.39 is 12.0 Å². The minimum absolute atomic E-state index is 0.181. The number of ether oxygens (including phenoxy) is 3. The number of benzene rings is 4. The lowest BCUT2D eigenvalue weighted by molar-refractivity contribution is -0.139. The predicted molar refractivity (Wildman–Crippen MR) is 193 cm³/mol. The molecule has 236 valence electrons. The number of nitrogens with zero attached hydrogens (tertiary/aromatic N) is 3. The molecule has 1 aliphatic heterocycles. The molecular formula is C36H27BrIN3O5S. The van der Waals surface area contributed by atoms with E-state index in [0.29, 0.717) is 49.8 Å². The first kappa shape index (κ1) is 32.7. The Hall–Kier alpha value is -4.25. The highest BCUT2D eigenvalue weighted by Crippen LogP contribution is 2.40. The molecule has 8 nitrogen and oxygen atoms in total. The number of nitriles is 1. The van der Waals surface area contributed by atoms with Gasteiger partial charge in [-0.3, -0.25) is 9.36 Å². The third-order valence-corrected chi connectivity index (χ3v) is 10.1. The van der Waals surface area contributed by atoms with Crippen molar-refractivity contribution in [2.24, 2.45) is 4.99 Å². The molecule has 4 aromatic carbocycles. The minimum atomic E-state index is -0.821. The Kier molecular flexibility index (Phi) is 9.63. The quantitative estimate of drug-likeness (QED) is 0.127. The number of rotatable bonds is 8. The van der Waals surface area contributed by atoms with Crippen molar-refractivity contribution >= 4 is 72.7 Å². The van der Waals surface area contributed by atoms with Crippen LogP contribution in [-0.2, 0) is 16.1 Å². The van der Waals surface area contributed by atoms with Crippen molar-refractivity contribution in [2.45, 2.75) is 26.5 Å². The van der Waals surface area contributed by atoms with Crippen LogP contribution in [0.4, 0.5) is 0 Å². The Labute approximate surface area is 296 Å². The molecule has 0 bridgehead atoms. The van der Waals surface area contributed by atoms with Gasteiger partial charge in [-0.25, -0.2) is 9.79 Å². The van der Waals surface area contributed by atoms with Crippen molar-refractivity contribution < 1.29 is 19.0 Å². The number of thiazole rings is 1. The smallest absolute Gasteiger partial charge is 0.338 e. The fourth-order valence-corrected chi connectivity index (χ4v) is 8.40. The lowest BCUT2D eigenvalue weighted by Crippen LogP contribution is -2.40. The Morgan fingerprint density at radius 1 is 1.15 bits per heavy atom. The fourth-order valence-electron chi connectivity index (χ4n) is 5.58. The summed E-state index contributed by atoms with van der Waals surface area (Å²) in [4.78, 5) is 33.0. The Morgan fingerprint density at radius 3 is 2.62 bits per heavy atom. The molecule has 0 N–H and O–H groups in total. The summed E-state index contributed by atoms with van der Waals surface area (Å²) in [5, 5.41) is 10.9.